The Morgan fingerprint density at radius 3 is 2.56 bits per heavy atom. The van der Waals surface area contributed by atoms with Crippen LogP contribution in [0.5, 0.6) is 0 Å². The van der Waals surface area contributed by atoms with Crippen molar-refractivity contribution in [2.45, 2.75) is 65.2 Å². The molecule has 0 amide bonds. The summed E-state index contributed by atoms with van der Waals surface area (Å²) in [6.45, 7) is 6.86. The number of unbranched alkanes of at least 4 members (excludes halogenated alkanes) is 3. The van der Waals surface area contributed by atoms with Gasteiger partial charge in [0.05, 0.1) is 0 Å². The van der Waals surface area contributed by atoms with Gasteiger partial charge >= 0.3 is 0 Å². The van der Waals surface area contributed by atoms with Gasteiger partial charge in [0.1, 0.15) is 0 Å². The zero-order chi connectivity index (χ0) is 11.8. The van der Waals surface area contributed by atoms with Gasteiger partial charge in [0.15, 0.2) is 0 Å². The van der Waals surface area contributed by atoms with E-state index in [1.165, 1.54) is 43.2 Å². The quantitative estimate of drug-likeness (QED) is 0.543. The molecule has 1 rings (SSSR count). The van der Waals surface area contributed by atoms with E-state index in [0.717, 1.165) is 12.3 Å². The molecule has 0 bridgehead atoms. The molecule has 1 atom stereocenters. The second-order valence-corrected chi connectivity index (χ2v) is 4.85. The van der Waals surface area contributed by atoms with E-state index in [1.54, 1.807) is 0 Å². The van der Waals surface area contributed by atoms with Crippen LogP contribution in [0.2, 0.25) is 0 Å². The molecule has 0 saturated carbocycles. The van der Waals surface area contributed by atoms with E-state index in [4.69, 9.17) is 0 Å². The van der Waals surface area contributed by atoms with Crippen molar-refractivity contribution < 1.29 is 0 Å². The summed E-state index contributed by atoms with van der Waals surface area (Å²) in [6, 6.07) is 9.10. The van der Waals surface area contributed by atoms with Gasteiger partial charge in [0.25, 0.3) is 0 Å². The fourth-order valence-corrected chi connectivity index (χ4v) is 2.16. The maximum Gasteiger partial charge on any atom is -0.0190 e. The Kier molecular flexibility index (Phi) is 6.22. The van der Waals surface area contributed by atoms with Crippen LogP contribution in [0.25, 0.3) is 0 Å². The zero-order valence-corrected chi connectivity index (χ0v) is 11.1. The number of rotatable bonds is 7. The smallest absolute Gasteiger partial charge is 0.0190 e. The molecule has 16 heavy (non-hydrogen) atoms. The van der Waals surface area contributed by atoms with E-state index < -0.39 is 0 Å². The molecule has 1 aromatic carbocycles. The van der Waals surface area contributed by atoms with E-state index in [0.29, 0.717) is 0 Å². The Bertz CT molecular complexity index is 288. The molecule has 1 unspecified atom stereocenters. The predicted molar refractivity (Wildman–Crippen MR) is 73.0 cm³/mol. The Morgan fingerprint density at radius 2 is 1.88 bits per heavy atom. The number of hydrogen-bond donors (Lipinski definition) is 0. The Hall–Kier alpha value is -0.780. The molecular formula is C16H26. The third-order valence-electron chi connectivity index (χ3n) is 3.42. The van der Waals surface area contributed by atoms with Crippen LogP contribution in [-0.2, 0) is 6.42 Å². The first-order chi connectivity index (χ1) is 7.77. The fourth-order valence-electron chi connectivity index (χ4n) is 2.16. The number of aryl methyl sites for hydroxylation is 1. The van der Waals surface area contributed by atoms with Crippen molar-refractivity contribution in [3.63, 3.8) is 0 Å². The van der Waals surface area contributed by atoms with E-state index in [1.807, 2.05) is 0 Å². The predicted octanol–water partition coefficient (Wildman–Crippen LogP) is 5.32. The van der Waals surface area contributed by atoms with Crippen molar-refractivity contribution in [1.29, 1.82) is 0 Å². The molecular weight excluding hydrogens is 192 g/mol. The van der Waals surface area contributed by atoms with Crippen LogP contribution >= 0.6 is 0 Å². The topological polar surface area (TPSA) is 0 Å². The highest BCUT2D eigenvalue weighted by Crippen LogP contribution is 2.23. The zero-order valence-electron chi connectivity index (χ0n) is 11.1. The van der Waals surface area contributed by atoms with Gasteiger partial charge < -0.3 is 0 Å². The van der Waals surface area contributed by atoms with E-state index in [2.05, 4.69) is 45.0 Å². The average molecular weight is 218 g/mol. The van der Waals surface area contributed by atoms with Crippen molar-refractivity contribution >= 4 is 0 Å². The Morgan fingerprint density at radius 1 is 1.06 bits per heavy atom. The Labute approximate surface area is 101 Å². The van der Waals surface area contributed by atoms with Crippen molar-refractivity contribution in [2.75, 3.05) is 0 Å². The molecule has 0 radical (unpaired) electrons. The van der Waals surface area contributed by atoms with Crippen molar-refractivity contribution in [2.24, 2.45) is 0 Å². The molecule has 0 aliphatic rings. The lowest BCUT2D eigenvalue weighted by molar-refractivity contribution is 0.579. The normalized spacial score (nSPS) is 12.7. The third-order valence-corrected chi connectivity index (χ3v) is 3.42. The number of benzene rings is 1. The van der Waals surface area contributed by atoms with Gasteiger partial charge in [-0.2, -0.15) is 0 Å². The highest BCUT2D eigenvalue weighted by atomic mass is 14.1. The standard InChI is InChI=1S/C16H26/c1-4-6-7-8-10-14(3)16-12-9-11-15(5-2)13-16/h9,11-14H,4-8,10H2,1-3H3. The van der Waals surface area contributed by atoms with Crippen LogP contribution in [0.3, 0.4) is 0 Å². The Balaban J connectivity index is 2.42. The van der Waals surface area contributed by atoms with E-state index in [9.17, 15) is 0 Å². The van der Waals surface area contributed by atoms with Gasteiger partial charge in [-0.1, -0.05) is 70.7 Å². The summed E-state index contributed by atoms with van der Waals surface area (Å²) in [7, 11) is 0. The maximum atomic E-state index is 2.38. The van der Waals surface area contributed by atoms with Gasteiger partial charge in [0.2, 0.25) is 0 Å². The maximum absolute atomic E-state index is 2.38. The molecule has 0 spiro atoms. The summed E-state index contributed by atoms with van der Waals surface area (Å²) in [6.07, 6.45) is 7.99. The summed E-state index contributed by atoms with van der Waals surface area (Å²) < 4.78 is 0. The van der Waals surface area contributed by atoms with E-state index >= 15 is 0 Å². The van der Waals surface area contributed by atoms with Gasteiger partial charge in [-0.15, -0.1) is 0 Å². The van der Waals surface area contributed by atoms with Crippen molar-refractivity contribution in [3.8, 4) is 0 Å². The summed E-state index contributed by atoms with van der Waals surface area (Å²) >= 11 is 0. The van der Waals surface area contributed by atoms with Crippen molar-refractivity contribution in [3.05, 3.63) is 35.4 Å². The first-order valence-electron chi connectivity index (χ1n) is 6.86. The molecule has 0 fully saturated rings. The van der Waals surface area contributed by atoms with Crippen LogP contribution in [0.4, 0.5) is 0 Å². The molecule has 0 nitrogen and oxygen atoms in total. The largest absolute Gasteiger partial charge is 0.0654 e. The summed E-state index contributed by atoms with van der Waals surface area (Å²) in [5.74, 6) is 0.725. The summed E-state index contributed by atoms with van der Waals surface area (Å²) in [4.78, 5) is 0. The van der Waals surface area contributed by atoms with Crippen LogP contribution in [-0.4, -0.2) is 0 Å². The lowest BCUT2D eigenvalue weighted by Crippen LogP contribution is -1.95. The number of hydrogen-bond acceptors (Lipinski definition) is 0. The van der Waals surface area contributed by atoms with Crippen LogP contribution in [0.15, 0.2) is 24.3 Å². The van der Waals surface area contributed by atoms with Gasteiger partial charge in [0, 0.05) is 0 Å². The lowest BCUT2D eigenvalue weighted by Gasteiger charge is -2.12. The SMILES string of the molecule is CCCCCCC(C)c1cccc(CC)c1. The molecule has 0 aliphatic carbocycles. The highest BCUT2D eigenvalue weighted by Gasteiger charge is 2.05. The van der Waals surface area contributed by atoms with Crippen LogP contribution in [0, 0.1) is 0 Å². The van der Waals surface area contributed by atoms with Crippen LogP contribution < -0.4 is 0 Å². The average Bonchev–Trinajstić information content (AvgIpc) is 2.34. The molecule has 1 aromatic rings. The third kappa shape index (κ3) is 4.38. The van der Waals surface area contributed by atoms with Gasteiger partial charge in [-0.25, -0.2) is 0 Å². The fraction of sp³-hybridized carbons (Fsp3) is 0.625. The first kappa shape index (κ1) is 13.3. The molecule has 0 heterocycles. The molecule has 90 valence electrons. The van der Waals surface area contributed by atoms with Gasteiger partial charge in [-0.05, 0) is 29.9 Å². The van der Waals surface area contributed by atoms with Crippen molar-refractivity contribution in [1.82, 2.24) is 0 Å². The second kappa shape index (κ2) is 7.49. The van der Waals surface area contributed by atoms with Gasteiger partial charge in [-0.3, -0.25) is 0 Å². The summed E-state index contributed by atoms with van der Waals surface area (Å²) in [5, 5.41) is 0. The monoisotopic (exact) mass is 218 g/mol. The second-order valence-electron chi connectivity index (χ2n) is 4.85. The van der Waals surface area contributed by atoms with E-state index in [-0.39, 0.29) is 0 Å². The molecule has 0 N–H and O–H groups in total. The minimum Gasteiger partial charge on any atom is -0.0654 e. The van der Waals surface area contributed by atoms with Crippen LogP contribution in [0.1, 0.15) is 69.9 Å². The molecule has 0 aliphatic heterocycles. The minimum absolute atomic E-state index is 0.725. The molecule has 0 saturated heterocycles. The summed E-state index contributed by atoms with van der Waals surface area (Å²) in [5.41, 5.74) is 2.99. The molecule has 0 heteroatoms. The molecule has 0 aromatic heterocycles. The lowest BCUT2D eigenvalue weighted by atomic mass is 9.93. The minimum atomic E-state index is 0.725. The highest BCUT2D eigenvalue weighted by molar-refractivity contribution is 5.25. The first-order valence-corrected chi connectivity index (χ1v) is 6.86.